The minimum absolute atomic E-state index is 0.0542. The lowest BCUT2D eigenvalue weighted by molar-refractivity contribution is 0.423. The maximum absolute atomic E-state index is 14.2. The van der Waals surface area contributed by atoms with Crippen LogP contribution in [0.15, 0.2) is 18.2 Å². The van der Waals surface area contributed by atoms with Gasteiger partial charge >= 0.3 is 0 Å². The van der Waals surface area contributed by atoms with E-state index in [1.165, 1.54) is 12.8 Å². The van der Waals surface area contributed by atoms with Crippen LogP contribution in [-0.2, 0) is 6.54 Å². The highest BCUT2D eigenvalue weighted by molar-refractivity contribution is 5.51. The Kier molecular flexibility index (Phi) is 4.14. The van der Waals surface area contributed by atoms with Crippen molar-refractivity contribution in [1.82, 2.24) is 5.32 Å². The lowest BCUT2D eigenvalue weighted by atomic mass is 10.1. The molecule has 0 unspecified atom stereocenters. The van der Waals surface area contributed by atoms with E-state index in [1.54, 1.807) is 6.07 Å². The zero-order valence-electron chi connectivity index (χ0n) is 12.5. The maximum Gasteiger partial charge on any atom is 0.146 e. The molecule has 0 atom stereocenters. The molecule has 106 valence electrons. The zero-order chi connectivity index (χ0) is 14.0. The largest absolute Gasteiger partial charge is 0.366 e. The van der Waals surface area contributed by atoms with Crippen molar-refractivity contribution in [1.29, 1.82) is 0 Å². The summed E-state index contributed by atoms with van der Waals surface area (Å²) in [6.07, 6.45) is 2.39. The van der Waals surface area contributed by atoms with E-state index < -0.39 is 0 Å². The SMILES string of the molecule is CCN(c1ccc(CNC(C)(C)C)cc1F)C1CC1. The Labute approximate surface area is 116 Å². The third-order valence-corrected chi connectivity index (χ3v) is 3.47. The average Bonchev–Trinajstić information content (AvgIpc) is 3.13. The molecule has 1 saturated carbocycles. The summed E-state index contributed by atoms with van der Waals surface area (Å²) in [6, 6.07) is 6.18. The first-order valence-electron chi connectivity index (χ1n) is 7.21. The molecule has 1 aliphatic rings. The Balaban J connectivity index is 2.08. The molecule has 0 spiro atoms. The Hall–Kier alpha value is -1.09. The number of hydrogen-bond acceptors (Lipinski definition) is 2. The molecular formula is C16H25FN2. The van der Waals surface area contributed by atoms with E-state index in [4.69, 9.17) is 0 Å². The van der Waals surface area contributed by atoms with E-state index in [1.807, 2.05) is 12.1 Å². The van der Waals surface area contributed by atoms with E-state index in [0.29, 0.717) is 12.6 Å². The molecule has 1 aromatic carbocycles. The second-order valence-electron chi connectivity index (χ2n) is 6.41. The van der Waals surface area contributed by atoms with Gasteiger partial charge in [-0.3, -0.25) is 0 Å². The molecule has 0 bridgehead atoms. The predicted molar refractivity (Wildman–Crippen MR) is 79.0 cm³/mol. The number of benzene rings is 1. The summed E-state index contributed by atoms with van der Waals surface area (Å²) < 4.78 is 14.2. The van der Waals surface area contributed by atoms with Gasteiger partial charge in [-0.15, -0.1) is 0 Å². The number of nitrogens with zero attached hydrogens (tertiary/aromatic N) is 1. The second kappa shape index (κ2) is 5.49. The van der Waals surface area contributed by atoms with Gasteiger partial charge in [0.15, 0.2) is 0 Å². The van der Waals surface area contributed by atoms with E-state index in [9.17, 15) is 4.39 Å². The lowest BCUT2D eigenvalue weighted by Gasteiger charge is -2.24. The van der Waals surface area contributed by atoms with Crippen molar-refractivity contribution >= 4 is 5.69 Å². The zero-order valence-corrected chi connectivity index (χ0v) is 12.5. The highest BCUT2D eigenvalue weighted by Crippen LogP contribution is 2.33. The van der Waals surface area contributed by atoms with Crippen LogP contribution in [0.4, 0.5) is 10.1 Å². The summed E-state index contributed by atoms with van der Waals surface area (Å²) in [4.78, 5) is 2.18. The second-order valence-corrected chi connectivity index (χ2v) is 6.41. The topological polar surface area (TPSA) is 15.3 Å². The summed E-state index contributed by atoms with van der Waals surface area (Å²) in [5, 5.41) is 3.38. The van der Waals surface area contributed by atoms with Crippen LogP contribution in [0.1, 0.15) is 46.1 Å². The van der Waals surface area contributed by atoms with Gasteiger partial charge in [0.1, 0.15) is 5.82 Å². The predicted octanol–water partition coefficient (Wildman–Crippen LogP) is 3.70. The lowest BCUT2D eigenvalue weighted by Crippen LogP contribution is -2.35. The van der Waals surface area contributed by atoms with Crippen LogP contribution in [0.2, 0.25) is 0 Å². The van der Waals surface area contributed by atoms with Gasteiger partial charge in [-0.2, -0.15) is 0 Å². The highest BCUT2D eigenvalue weighted by Gasteiger charge is 2.29. The Morgan fingerprint density at radius 2 is 2.00 bits per heavy atom. The molecule has 1 fully saturated rings. The summed E-state index contributed by atoms with van der Waals surface area (Å²) in [7, 11) is 0. The smallest absolute Gasteiger partial charge is 0.146 e. The average molecular weight is 264 g/mol. The minimum atomic E-state index is -0.0954. The molecule has 2 nitrogen and oxygen atoms in total. The van der Waals surface area contributed by atoms with Crippen molar-refractivity contribution < 1.29 is 4.39 Å². The fraction of sp³-hybridized carbons (Fsp3) is 0.625. The molecule has 0 heterocycles. The molecule has 1 N–H and O–H groups in total. The molecule has 2 rings (SSSR count). The Bertz CT molecular complexity index is 433. The Morgan fingerprint density at radius 3 is 2.47 bits per heavy atom. The van der Waals surface area contributed by atoms with Crippen molar-refractivity contribution in [2.45, 2.75) is 58.7 Å². The van der Waals surface area contributed by atoms with E-state index in [2.05, 4.69) is 37.9 Å². The third kappa shape index (κ3) is 3.93. The molecule has 0 saturated heterocycles. The molecule has 0 amide bonds. The maximum atomic E-state index is 14.2. The normalized spacial score (nSPS) is 15.6. The molecule has 1 aliphatic carbocycles. The monoisotopic (exact) mass is 264 g/mol. The van der Waals surface area contributed by atoms with Crippen LogP contribution in [-0.4, -0.2) is 18.1 Å². The van der Waals surface area contributed by atoms with Gasteiger partial charge in [0.25, 0.3) is 0 Å². The first-order chi connectivity index (χ1) is 8.90. The van der Waals surface area contributed by atoms with Crippen molar-refractivity contribution in [3.8, 4) is 0 Å². The van der Waals surface area contributed by atoms with E-state index in [0.717, 1.165) is 17.8 Å². The standard InChI is InChI=1S/C16H25FN2/c1-5-19(13-7-8-13)15-9-6-12(10-14(15)17)11-18-16(2,3)4/h6,9-10,13,18H,5,7-8,11H2,1-4H3. The fourth-order valence-electron chi connectivity index (χ4n) is 2.27. The van der Waals surface area contributed by atoms with Crippen molar-refractivity contribution in [3.63, 3.8) is 0 Å². The van der Waals surface area contributed by atoms with Gasteiger partial charge in [-0.05, 0) is 58.2 Å². The van der Waals surface area contributed by atoms with Crippen LogP contribution in [0, 0.1) is 5.82 Å². The van der Waals surface area contributed by atoms with Gasteiger partial charge < -0.3 is 10.2 Å². The van der Waals surface area contributed by atoms with Gasteiger partial charge in [-0.25, -0.2) is 4.39 Å². The molecular weight excluding hydrogens is 239 g/mol. The van der Waals surface area contributed by atoms with Crippen LogP contribution in [0.5, 0.6) is 0 Å². The first kappa shape index (κ1) is 14.3. The summed E-state index contributed by atoms with van der Waals surface area (Å²) >= 11 is 0. The number of halogens is 1. The third-order valence-electron chi connectivity index (χ3n) is 3.47. The van der Waals surface area contributed by atoms with E-state index in [-0.39, 0.29) is 11.4 Å². The van der Waals surface area contributed by atoms with Gasteiger partial charge in [-0.1, -0.05) is 6.07 Å². The molecule has 19 heavy (non-hydrogen) atoms. The number of rotatable bonds is 5. The molecule has 1 aromatic rings. The number of hydrogen-bond donors (Lipinski definition) is 1. The van der Waals surface area contributed by atoms with Crippen molar-refractivity contribution in [2.75, 3.05) is 11.4 Å². The van der Waals surface area contributed by atoms with Crippen molar-refractivity contribution in [3.05, 3.63) is 29.6 Å². The van der Waals surface area contributed by atoms with Crippen LogP contribution < -0.4 is 10.2 Å². The summed E-state index contributed by atoms with van der Waals surface area (Å²) in [5.74, 6) is -0.0954. The van der Waals surface area contributed by atoms with Crippen LogP contribution >= 0.6 is 0 Å². The van der Waals surface area contributed by atoms with Gasteiger partial charge in [0.2, 0.25) is 0 Å². The molecule has 0 aliphatic heterocycles. The molecule has 0 aromatic heterocycles. The van der Waals surface area contributed by atoms with Gasteiger partial charge in [0, 0.05) is 24.7 Å². The summed E-state index contributed by atoms with van der Waals surface area (Å²) in [5.41, 5.74) is 1.81. The quantitative estimate of drug-likeness (QED) is 0.872. The van der Waals surface area contributed by atoms with Crippen LogP contribution in [0.25, 0.3) is 0 Å². The first-order valence-corrected chi connectivity index (χ1v) is 7.21. The summed E-state index contributed by atoms with van der Waals surface area (Å²) in [6.45, 7) is 10.0. The van der Waals surface area contributed by atoms with Crippen LogP contribution in [0.3, 0.4) is 0 Å². The van der Waals surface area contributed by atoms with Gasteiger partial charge in [0.05, 0.1) is 5.69 Å². The number of anilines is 1. The number of nitrogens with one attached hydrogen (secondary N) is 1. The Morgan fingerprint density at radius 1 is 1.32 bits per heavy atom. The highest BCUT2D eigenvalue weighted by atomic mass is 19.1. The van der Waals surface area contributed by atoms with Crippen molar-refractivity contribution in [2.24, 2.45) is 0 Å². The fourth-order valence-corrected chi connectivity index (χ4v) is 2.27. The molecule has 3 heteroatoms. The minimum Gasteiger partial charge on any atom is -0.366 e. The molecule has 0 radical (unpaired) electrons. The van der Waals surface area contributed by atoms with E-state index >= 15 is 0 Å².